The van der Waals surface area contributed by atoms with E-state index in [1.54, 1.807) is 6.20 Å². The van der Waals surface area contributed by atoms with Gasteiger partial charge in [-0.25, -0.2) is 4.98 Å². The molecular formula is C33H32N6. The molecule has 39 heavy (non-hydrogen) atoms. The summed E-state index contributed by atoms with van der Waals surface area (Å²) in [6.07, 6.45) is 16.6. The molecule has 0 aliphatic heterocycles. The van der Waals surface area contributed by atoms with Crippen molar-refractivity contribution in [2.45, 2.75) is 32.6 Å². The predicted molar refractivity (Wildman–Crippen MR) is 161 cm³/mol. The van der Waals surface area contributed by atoms with Crippen LogP contribution in [0, 0.1) is 5.92 Å². The van der Waals surface area contributed by atoms with Crippen molar-refractivity contribution >= 4 is 27.5 Å². The minimum atomic E-state index is 0.531. The number of nitrogens with zero attached hydrogens (tertiary/aromatic N) is 3. The van der Waals surface area contributed by atoms with Gasteiger partial charge in [0.15, 0.2) is 5.65 Å². The van der Waals surface area contributed by atoms with E-state index < -0.39 is 0 Å². The Bertz CT molecular complexity index is 1730. The molecule has 0 atom stereocenters. The first-order chi connectivity index (χ1) is 19.1. The van der Waals surface area contributed by atoms with Gasteiger partial charge in [0, 0.05) is 57.4 Å². The van der Waals surface area contributed by atoms with Gasteiger partial charge < -0.3 is 10.3 Å². The van der Waals surface area contributed by atoms with Crippen LogP contribution in [0.3, 0.4) is 0 Å². The second kappa shape index (κ2) is 10.6. The first-order valence-corrected chi connectivity index (χ1v) is 13.5. The number of nitrogens with one attached hydrogen (secondary N) is 3. The molecule has 6 rings (SSSR count). The van der Waals surface area contributed by atoms with E-state index in [2.05, 4.69) is 92.2 Å². The normalized spacial score (nSPS) is 14.8. The van der Waals surface area contributed by atoms with Crippen LogP contribution in [0.1, 0.15) is 38.2 Å². The van der Waals surface area contributed by atoms with E-state index in [1.165, 1.54) is 25.7 Å². The van der Waals surface area contributed by atoms with Gasteiger partial charge in [-0.15, -0.1) is 0 Å². The van der Waals surface area contributed by atoms with Gasteiger partial charge in [0.05, 0.1) is 11.4 Å². The van der Waals surface area contributed by atoms with Gasteiger partial charge in [-0.2, -0.15) is 5.10 Å². The minimum Gasteiger partial charge on any atom is -0.359 e. The van der Waals surface area contributed by atoms with E-state index in [4.69, 9.17) is 0 Å². The zero-order chi connectivity index (χ0) is 26.8. The molecule has 1 aromatic carbocycles. The third-order valence-corrected chi connectivity index (χ3v) is 7.64. The van der Waals surface area contributed by atoms with Gasteiger partial charge in [0.25, 0.3) is 0 Å². The molecule has 1 fully saturated rings. The summed E-state index contributed by atoms with van der Waals surface area (Å²) in [5, 5.41) is 13.3. The molecule has 0 unspecified atom stereocenters. The van der Waals surface area contributed by atoms with Crippen molar-refractivity contribution in [3.05, 3.63) is 109 Å². The first kappa shape index (κ1) is 24.6. The summed E-state index contributed by atoms with van der Waals surface area (Å²) < 4.78 is 0. The molecule has 5 aromatic rings. The van der Waals surface area contributed by atoms with Gasteiger partial charge in [-0.3, -0.25) is 10.1 Å². The predicted octanol–water partition coefficient (Wildman–Crippen LogP) is 7.93. The van der Waals surface area contributed by atoms with E-state index >= 15 is 0 Å². The lowest BCUT2D eigenvalue weighted by Gasteiger charge is -2.16. The maximum atomic E-state index is 4.67. The lowest BCUT2D eigenvalue weighted by molar-refractivity contribution is 0.607. The van der Waals surface area contributed by atoms with E-state index in [-0.39, 0.29) is 0 Å². The van der Waals surface area contributed by atoms with Gasteiger partial charge in [0.1, 0.15) is 0 Å². The third kappa shape index (κ3) is 4.81. The minimum absolute atomic E-state index is 0.531. The monoisotopic (exact) mass is 512 g/mol. The Morgan fingerprint density at radius 1 is 1.08 bits per heavy atom. The highest BCUT2D eigenvalue weighted by molar-refractivity contribution is 6.01. The van der Waals surface area contributed by atoms with Crippen molar-refractivity contribution in [3.8, 4) is 22.5 Å². The molecule has 4 heterocycles. The largest absolute Gasteiger partial charge is 0.359 e. The fourth-order valence-corrected chi connectivity index (χ4v) is 5.54. The SMILES string of the molecule is C=C/C(=C\C(=C/C)c1cnc2n[nH]c(-c3cc4c(-c5cccnc5)cccc4[nH]3)c2c1)NC(=C)C1CCCC1. The molecule has 0 bridgehead atoms. The number of hydrogen-bond acceptors (Lipinski definition) is 4. The average molecular weight is 513 g/mol. The van der Waals surface area contributed by atoms with Crippen LogP contribution in [0.15, 0.2) is 104 Å². The molecule has 0 saturated heterocycles. The maximum Gasteiger partial charge on any atom is 0.181 e. The Morgan fingerprint density at radius 2 is 1.95 bits per heavy atom. The lowest BCUT2D eigenvalue weighted by atomic mass is 10.0. The average Bonchev–Trinajstić information content (AvgIpc) is 3.74. The van der Waals surface area contributed by atoms with Crippen molar-refractivity contribution in [2.75, 3.05) is 0 Å². The Balaban J connectivity index is 1.35. The zero-order valence-electron chi connectivity index (χ0n) is 22.2. The Hall–Kier alpha value is -4.71. The smallest absolute Gasteiger partial charge is 0.181 e. The summed E-state index contributed by atoms with van der Waals surface area (Å²) in [5.41, 5.74) is 9.88. The van der Waals surface area contributed by atoms with Crippen molar-refractivity contribution < 1.29 is 0 Å². The number of benzene rings is 1. The standard InChI is InChI=1S/C33H32N6/c1-4-22(16-26(5-2)36-21(3)23-10-6-7-11-23)25-17-29-32(38-39-33(29)35-20-25)31-18-28-27(13-8-14-30(28)37-31)24-12-9-15-34-19-24/h4-5,8-9,12-20,23,36-37H,2-3,6-7,10-11H2,1H3,(H,35,38,39)/b22-4+,26-16+. The second-order valence-corrected chi connectivity index (χ2v) is 10.1. The number of rotatable bonds is 8. The molecule has 1 aliphatic rings. The summed E-state index contributed by atoms with van der Waals surface area (Å²) >= 11 is 0. The van der Waals surface area contributed by atoms with Crippen molar-refractivity contribution in [1.29, 1.82) is 0 Å². The van der Waals surface area contributed by atoms with Gasteiger partial charge >= 0.3 is 0 Å². The van der Waals surface area contributed by atoms with E-state index in [0.29, 0.717) is 11.6 Å². The molecular weight excluding hydrogens is 480 g/mol. The molecule has 1 aliphatic carbocycles. The molecule has 1 saturated carbocycles. The molecule has 6 heteroatoms. The van der Waals surface area contributed by atoms with Crippen LogP contribution in [0.4, 0.5) is 0 Å². The van der Waals surface area contributed by atoms with Crippen LogP contribution < -0.4 is 5.32 Å². The molecule has 0 amide bonds. The van der Waals surface area contributed by atoms with Gasteiger partial charge in [0.2, 0.25) is 0 Å². The highest BCUT2D eigenvalue weighted by Gasteiger charge is 2.19. The summed E-state index contributed by atoms with van der Waals surface area (Å²) in [6, 6.07) is 14.6. The quantitative estimate of drug-likeness (QED) is 0.184. The topological polar surface area (TPSA) is 82.3 Å². The van der Waals surface area contributed by atoms with E-state index in [0.717, 1.165) is 61.3 Å². The molecule has 4 aromatic heterocycles. The zero-order valence-corrected chi connectivity index (χ0v) is 22.2. The van der Waals surface area contributed by atoms with E-state index in [9.17, 15) is 0 Å². The molecule has 6 nitrogen and oxygen atoms in total. The fourth-order valence-electron chi connectivity index (χ4n) is 5.54. The van der Waals surface area contributed by atoms with Crippen molar-refractivity contribution in [1.82, 2.24) is 30.5 Å². The number of aromatic amines is 2. The van der Waals surface area contributed by atoms with Gasteiger partial charge in [-0.05, 0) is 73.2 Å². The lowest BCUT2D eigenvalue weighted by Crippen LogP contribution is -2.16. The maximum absolute atomic E-state index is 4.67. The molecule has 0 spiro atoms. The summed E-state index contributed by atoms with van der Waals surface area (Å²) in [7, 11) is 0. The highest BCUT2D eigenvalue weighted by Crippen LogP contribution is 2.34. The number of fused-ring (bicyclic) bond motifs is 2. The van der Waals surface area contributed by atoms with Crippen LogP contribution in [-0.2, 0) is 0 Å². The third-order valence-electron chi connectivity index (χ3n) is 7.64. The van der Waals surface area contributed by atoms with Crippen LogP contribution in [0.2, 0.25) is 0 Å². The molecule has 0 radical (unpaired) electrons. The second-order valence-electron chi connectivity index (χ2n) is 10.1. The summed E-state index contributed by atoms with van der Waals surface area (Å²) in [6.45, 7) is 10.4. The highest BCUT2D eigenvalue weighted by atomic mass is 15.2. The first-order valence-electron chi connectivity index (χ1n) is 13.5. The van der Waals surface area contributed by atoms with Crippen LogP contribution in [0.25, 0.3) is 50.0 Å². The summed E-state index contributed by atoms with van der Waals surface area (Å²) in [5.74, 6) is 0.531. The number of pyridine rings is 2. The molecule has 194 valence electrons. The number of allylic oxidation sites excluding steroid dienone is 5. The fraction of sp³-hybridized carbons (Fsp3) is 0.182. The number of aromatic nitrogens is 5. The van der Waals surface area contributed by atoms with Gasteiger partial charge in [-0.1, -0.05) is 50.3 Å². The van der Waals surface area contributed by atoms with Crippen LogP contribution in [-0.4, -0.2) is 25.1 Å². The Labute approximate surface area is 228 Å². The summed E-state index contributed by atoms with van der Waals surface area (Å²) in [4.78, 5) is 12.5. The van der Waals surface area contributed by atoms with E-state index in [1.807, 2.05) is 31.5 Å². The Kier molecular flexibility index (Phi) is 6.68. The molecule has 3 N–H and O–H groups in total. The number of hydrogen-bond donors (Lipinski definition) is 3. The van der Waals surface area contributed by atoms with Crippen molar-refractivity contribution in [2.24, 2.45) is 5.92 Å². The van der Waals surface area contributed by atoms with Crippen LogP contribution in [0.5, 0.6) is 0 Å². The Morgan fingerprint density at radius 3 is 2.72 bits per heavy atom. The number of H-pyrrole nitrogens is 2. The van der Waals surface area contributed by atoms with Crippen LogP contribution >= 0.6 is 0 Å². The van der Waals surface area contributed by atoms with Crippen molar-refractivity contribution in [3.63, 3.8) is 0 Å².